The number of allylic oxidation sites excluding steroid dienone is 4. The molecule has 22 heavy (non-hydrogen) atoms. The monoisotopic (exact) mass is 317 g/mol. The van der Waals surface area contributed by atoms with Crippen molar-refractivity contribution in [2.45, 2.75) is 32.6 Å². The second kappa shape index (κ2) is 6.57. The van der Waals surface area contributed by atoms with Crippen molar-refractivity contribution in [3.05, 3.63) is 47.2 Å². The lowest BCUT2D eigenvalue weighted by molar-refractivity contribution is 0.108. The summed E-state index contributed by atoms with van der Waals surface area (Å²) in [4.78, 5) is 13.8. The largest absolute Gasteiger partial charge is 0.459 e. The van der Waals surface area contributed by atoms with Crippen LogP contribution in [-0.4, -0.2) is 18.3 Å². The van der Waals surface area contributed by atoms with E-state index in [4.69, 9.17) is 16.3 Å². The standard InChI is InChI=1S/C18H20ClNO2/c1-13-11-14(18(19)21)12-16(20-9-5-6-10-20)17(13)22-15-7-3-2-4-8-15/h2-3,7,11-12H,4-6,8-10H2,1H3. The maximum atomic E-state index is 11.6. The summed E-state index contributed by atoms with van der Waals surface area (Å²) in [5.74, 6) is 1.82. The fourth-order valence-electron chi connectivity index (χ4n) is 2.99. The lowest BCUT2D eigenvalue weighted by Crippen LogP contribution is -2.19. The van der Waals surface area contributed by atoms with E-state index in [1.165, 1.54) is 12.8 Å². The van der Waals surface area contributed by atoms with Gasteiger partial charge in [-0.1, -0.05) is 12.2 Å². The van der Waals surface area contributed by atoms with Gasteiger partial charge in [0.2, 0.25) is 0 Å². The normalized spacial score (nSPS) is 17.5. The van der Waals surface area contributed by atoms with E-state index in [0.717, 1.165) is 48.7 Å². The van der Waals surface area contributed by atoms with Gasteiger partial charge in [-0.25, -0.2) is 0 Å². The summed E-state index contributed by atoms with van der Waals surface area (Å²) in [6.07, 6.45) is 10.4. The highest BCUT2D eigenvalue weighted by Gasteiger charge is 2.21. The van der Waals surface area contributed by atoms with Gasteiger partial charge in [0.1, 0.15) is 5.76 Å². The number of anilines is 1. The molecule has 2 aliphatic rings. The van der Waals surface area contributed by atoms with Crippen molar-refractivity contribution in [2.75, 3.05) is 18.0 Å². The maximum absolute atomic E-state index is 11.6. The van der Waals surface area contributed by atoms with Crippen molar-refractivity contribution >= 4 is 22.5 Å². The van der Waals surface area contributed by atoms with Crippen LogP contribution in [0.2, 0.25) is 0 Å². The lowest BCUT2D eigenvalue weighted by Gasteiger charge is -2.24. The third kappa shape index (κ3) is 3.20. The number of halogens is 1. The second-order valence-electron chi connectivity index (χ2n) is 5.81. The van der Waals surface area contributed by atoms with Crippen LogP contribution in [-0.2, 0) is 0 Å². The lowest BCUT2D eigenvalue weighted by atomic mass is 10.1. The molecule has 0 atom stereocenters. The van der Waals surface area contributed by atoms with E-state index in [2.05, 4.69) is 11.0 Å². The van der Waals surface area contributed by atoms with Gasteiger partial charge >= 0.3 is 0 Å². The molecule has 1 fully saturated rings. The van der Waals surface area contributed by atoms with Crippen LogP contribution in [0.25, 0.3) is 0 Å². The van der Waals surface area contributed by atoms with Crippen LogP contribution in [0.4, 0.5) is 5.69 Å². The first kappa shape index (κ1) is 15.2. The van der Waals surface area contributed by atoms with Gasteiger partial charge in [-0.15, -0.1) is 0 Å². The smallest absolute Gasteiger partial charge is 0.252 e. The fraction of sp³-hybridized carbons (Fsp3) is 0.389. The van der Waals surface area contributed by atoms with Crippen LogP contribution < -0.4 is 9.64 Å². The Kier molecular flexibility index (Phi) is 4.53. The first-order chi connectivity index (χ1) is 10.6. The summed E-state index contributed by atoms with van der Waals surface area (Å²) in [7, 11) is 0. The van der Waals surface area contributed by atoms with E-state index in [1.807, 2.05) is 31.2 Å². The van der Waals surface area contributed by atoms with E-state index in [0.29, 0.717) is 5.56 Å². The molecule has 0 saturated carbocycles. The van der Waals surface area contributed by atoms with Gasteiger partial charge in [-0.2, -0.15) is 0 Å². The zero-order valence-corrected chi connectivity index (χ0v) is 13.5. The molecule has 3 rings (SSSR count). The molecule has 0 bridgehead atoms. The molecule has 1 aliphatic carbocycles. The summed E-state index contributed by atoms with van der Waals surface area (Å²) in [6.45, 7) is 3.96. The van der Waals surface area contributed by atoms with Crippen molar-refractivity contribution in [1.82, 2.24) is 0 Å². The number of hydrogen-bond donors (Lipinski definition) is 0. The highest BCUT2D eigenvalue weighted by molar-refractivity contribution is 6.67. The van der Waals surface area contributed by atoms with Crippen LogP contribution in [0.15, 0.2) is 36.1 Å². The van der Waals surface area contributed by atoms with Crippen LogP contribution in [0, 0.1) is 6.92 Å². The summed E-state index contributed by atoms with van der Waals surface area (Å²) < 4.78 is 6.18. The third-order valence-corrected chi connectivity index (χ3v) is 4.36. The Balaban J connectivity index is 2.00. The predicted octanol–water partition coefficient (Wildman–Crippen LogP) is 4.59. The Bertz CT molecular complexity index is 643. The summed E-state index contributed by atoms with van der Waals surface area (Å²) in [5, 5.41) is -0.421. The van der Waals surface area contributed by atoms with Gasteiger partial charge in [0.05, 0.1) is 5.69 Å². The summed E-state index contributed by atoms with van der Waals surface area (Å²) in [5.41, 5.74) is 2.46. The SMILES string of the molecule is Cc1cc(C(=O)Cl)cc(N2CCCC2)c1OC1=CC=CCC1. The van der Waals surface area contributed by atoms with Gasteiger partial charge in [0.25, 0.3) is 5.24 Å². The summed E-state index contributed by atoms with van der Waals surface area (Å²) in [6, 6.07) is 3.67. The number of hydrogen-bond acceptors (Lipinski definition) is 3. The molecule has 1 aromatic carbocycles. The second-order valence-corrected chi connectivity index (χ2v) is 6.15. The van der Waals surface area contributed by atoms with Crippen LogP contribution in [0.3, 0.4) is 0 Å². The van der Waals surface area contributed by atoms with Crippen LogP contribution >= 0.6 is 11.6 Å². The number of benzene rings is 1. The quantitative estimate of drug-likeness (QED) is 0.761. The van der Waals surface area contributed by atoms with Crippen molar-refractivity contribution < 1.29 is 9.53 Å². The van der Waals surface area contributed by atoms with Crippen molar-refractivity contribution in [2.24, 2.45) is 0 Å². The molecule has 1 aliphatic heterocycles. The van der Waals surface area contributed by atoms with E-state index in [9.17, 15) is 4.79 Å². The molecule has 116 valence electrons. The van der Waals surface area contributed by atoms with E-state index in [1.54, 1.807) is 0 Å². The Morgan fingerprint density at radius 3 is 2.68 bits per heavy atom. The zero-order valence-electron chi connectivity index (χ0n) is 12.8. The number of carbonyl (C=O) groups excluding carboxylic acids is 1. The van der Waals surface area contributed by atoms with Gasteiger partial charge in [-0.3, -0.25) is 4.79 Å². The average molecular weight is 318 g/mol. The Labute approximate surface area is 136 Å². The topological polar surface area (TPSA) is 29.5 Å². The molecule has 3 nitrogen and oxygen atoms in total. The Hall–Kier alpha value is -1.74. The highest BCUT2D eigenvalue weighted by atomic mass is 35.5. The molecular weight excluding hydrogens is 298 g/mol. The Morgan fingerprint density at radius 1 is 1.27 bits per heavy atom. The number of nitrogens with zero attached hydrogens (tertiary/aromatic N) is 1. The van der Waals surface area contributed by atoms with E-state index >= 15 is 0 Å². The molecule has 0 unspecified atom stereocenters. The number of ether oxygens (including phenoxy) is 1. The van der Waals surface area contributed by atoms with Crippen molar-refractivity contribution in [3.63, 3.8) is 0 Å². The minimum absolute atomic E-state index is 0.421. The third-order valence-electron chi connectivity index (χ3n) is 4.14. The number of aryl methyl sites for hydroxylation is 1. The highest BCUT2D eigenvalue weighted by Crippen LogP contribution is 2.37. The van der Waals surface area contributed by atoms with Gasteiger partial charge < -0.3 is 9.64 Å². The van der Waals surface area contributed by atoms with Crippen molar-refractivity contribution in [3.8, 4) is 5.75 Å². The van der Waals surface area contributed by atoms with Gasteiger partial charge in [0, 0.05) is 25.1 Å². The maximum Gasteiger partial charge on any atom is 0.252 e. The molecular formula is C18H20ClNO2. The minimum Gasteiger partial charge on any atom is -0.459 e. The first-order valence-corrected chi connectivity index (χ1v) is 8.16. The first-order valence-electron chi connectivity index (χ1n) is 7.78. The fourth-order valence-corrected chi connectivity index (χ4v) is 3.10. The van der Waals surface area contributed by atoms with Gasteiger partial charge in [0.15, 0.2) is 5.75 Å². The molecule has 1 heterocycles. The van der Waals surface area contributed by atoms with Crippen LogP contribution in [0.5, 0.6) is 5.75 Å². The molecule has 0 N–H and O–H groups in total. The van der Waals surface area contributed by atoms with Gasteiger partial charge in [-0.05, 0) is 61.6 Å². The predicted molar refractivity (Wildman–Crippen MR) is 89.9 cm³/mol. The van der Waals surface area contributed by atoms with E-state index < -0.39 is 5.24 Å². The molecule has 4 heteroatoms. The number of rotatable bonds is 4. The Morgan fingerprint density at radius 2 is 2.05 bits per heavy atom. The molecule has 0 aromatic heterocycles. The van der Waals surface area contributed by atoms with Crippen LogP contribution in [0.1, 0.15) is 41.6 Å². The molecule has 0 radical (unpaired) electrons. The molecule has 1 saturated heterocycles. The minimum atomic E-state index is -0.421. The van der Waals surface area contributed by atoms with Crippen molar-refractivity contribution in [1.29, 1.82) is 0 Å². The summed E-state index contributed by atoms with van der Waals surface area (Å²) >= 11 is 5.68. The van der Waals surface area contributed by atoms with E-state index in [-0.39, 0.29) is 0 Å². The number of carbonyl (C=O) groups is 1. The molecule has 0 spiro atoms. The zero-order chi connectivity index (χ0) is 15.5. The molecule has 1 aromatic rings. The average Bonchev–Trinajstić information content (AvgIpc) is 3.04. The molecule has 0 amide bonds.